The fourth-order valence-corrected chi connectivity index (χ4v) is 3.11. The van der Waals surface area contributed by atoms with E-state index in [0.717, 1.165) is 31.4 Å². The van der Waals surface area contributed by atoms with Crippen LogP contribution in [0.3, 0.4) is 0 Å². The Hall–Kier alpha value is -2.04. The first-order chi connectivity index (χ1) is 10.2. The minimum Gasteiger partial charge on any atom is -0.363 e. The van der Waals surface area contributed by atoms with Gasteiger partial charge in [-0.3, -0.25) is 15.0 Å². The number of hydrazine groups is 1. The van der Waals surface area contributed by atoms with Crippen molar-refractivity contribution in [3.05, 3.63) is 29.8 Å². The fourth-order valence-electron chi connectivity index (χ4n) is 3.11. The smallest absolute Gasteiger partial charge is 0.276 e. The van der Waals surface area contributed by atoms with Crippen LogP contribution in [-0.2, 0) is 4.79 Å². The molecule has 0 radical (unpaired) electrons. The predicted molar refractivity (Wildman–Crippen MR) is 80.4 cm³/mol. The normalized spacial score (nSPS) is 22.4. The molecule has 3 rings (SSSR count). The second-order valence-corrected chi connectivity index (χ2v) is 5.85. The summed E-state index contributed by atoms with van der Waals surface area (Å²) < 4.78 is 0. The summed E-state index contributed by atoms with van der Waals surface area (Å²) in [5.41, 5.74) is 4.23. The number of fused-ring (bicyclic) bond motifs is 1. The monoisotopic (exact) mass is 287 g/mol. The summed E-state index contributed by atoms with van der Waals surface area (Å²) in [5, 5.41) is 4.65. The van der Waals surface area contributed by atoms with E-state index in [2.05, 4.69) is 10.7 Å². The molecule has 1 aromatic carbocycles. The van der Waals surface area contributed by atoms with Crippen molar-refractivity contribution in [1.29, 1.82) is 0 Å². The molecule has 5 nitrogen and oxygen atoms in total. The first-order valence-electron chi connectivity index (χ1n) is 7.66. The van der Waals surface area contributed by atoms with Crippen molar-refractivity contribution >= 4 is 17.5 Å². The molecule has 1 unspecified atom stereocenters. The zero-order chi connectivity index (χ0) is 14.8. The molecular weight excluding hydrogens is 266 g/mol. The Morgan fingerprint density at radius 2 is 1.95 bits per heavy atom. The Kier molecular flexibility index (Phi) is 3.82. The number of carbonyl (C=O) groups excluding carboxylic acids is 2. The second-order valence-electron chi connectivity index (χ2n) is 5.85. The standard InChI is InChI=1S/C16H21N3O2/c1-11-17-14-10-6-5-9-13(14)16(21)19(11)18-15(20)12-7-3-2-4-8-12/h5-6,9-12,17H,2-4,7-8H2,1H3,(H,18,20). The van der Waals surface area contributed by atoms with Gasteiger partial charge in [0.05, 0.1) is 5.56 Å². The molecule has 5 heteroatoms. The van der Waals surface area contributed by atoms with Crippen LogP contribution in [0, 0.1) is 5.92 Å². The van der Waals surface area contributed by atoms with Crippen LogP contribution in [0.25, 0.3) is 0 Å². The van der Waals surface area contributed by atoms with E-state index in [1.165, 1.54) is 11.4 Å². The van der Waals surface area contributed by atoms with Gasteiger partial charge in [0.2, 0.25) is 5.91 Å². The zero-order valence-electron chi connectivity index (χ0n) is 12.3. The lowest BCUT2D eigenvalue weighted by Crippen LogP contribution is -2.57. The number of nitrogens with one attached hydrogen (secondary N) is 2. The number of para-hydroxylation sites is 1. The van der Waals surface area contributed by atoms with Crippen molar-refractivity contribution in [2.45, 2.75) is 45.2 Å². The Balaban J connectivity index is 1.73. The number of hydrogen-bond donors (Lipinski definition) is 2. The summed E-state index contributed by atoms with van der Waals surface area (Å²) in [6.07, 6.45) is 5.00. The van der Waals surface area contributed by atoms with Crippen LogP contribution in [0.4, 0.5) is 5.69 Å². The highest BCUT2D eigenvalue weighted by molar-refractivity contribution is 6.02. The van der Waals surface area contributed by atoms with Crippen LogP contribution in [-0.4, -0.2) is 23.0 Å². The van der Waals surface area contributed by atoms with Crippen molar-refractivity contribution in [3.8, 4) is 0 Å². The molecule has 0 bridgehead atoms. The van der Waals surface area contributed by atoms with Crippen LogP contribution in [0.1, 0.15) is 49.4 Å². The lowest BCUT2D eigenvalue weighted by molar-refractivity contribution is -0.130. The third-order valence-electron chi connectivity index (χ3n) is 4.33. The maximum absolute atomic E-state index is 12.5. The molecule has 1 fully saturated rings. The Labute approximate surface area is 124 Å². The topological polar surface area (TPSA) is 61.4 Å². The molecule has 1 aliphatic carbocycles. The van der Waals surface area contributed by atoms with Crippen LogP contribution >= 0.6 is 0 Å². The highest BCUT2D eigenvalue weighted by atomic mass is 16.2. The van der Waals surface area contributed by atoms with Crippen molar-refractivity contribution in [1.82, 2.24) is 10.4 Å². The van der Waals surface area contributed by atoms with Crippen LogP contribution in [0.15, 0.2) is 24.3 Å². The molecule has 2 N–H and O–H groups in total. The minimum atomic E-state index is -0.250. The molecule has 1 atom stereocenters. The van der Waals surface area contributed by atoms with E-state index < -0.39 is 0 Å². The lowest BCUT2D eigenvalue weighted by Gasteiger charge is -2.36. The summed E-state index contributed by atoms with van der Waals surface area (Å²) in [6, 6.07) is 7.37. The van der Waals surface area contributed by atoms with E-state index in [-0.39, 0.29) is 23.9 Å². The molecule has 2 amide bonds. The third-order valence-corrected chi connectivity index (χ3v) is 4.33. The maximum atomic E-state index is 12.5. The predicted octanol–water partition coefficient (Wildman–Crippen LogP) is 2.51. The number of rotatable bonds is 2. The summed E-state index contributed by atoms with van der Waals surface area (Å²) in [5.74, 6) is -0.145. The zero-order valence-corrected chi connectivity index (χ0v) is 12.3. The lowest BCUT2D eigenvalue weighted by atomic mass is 9.89. The molecular formula is C16H21N3O2. The first kappa shape index (κ1) is 13.9. The summed E-state index contributed by atoms with van der Waals surface area (Å²) in [4.78, 5) is 24.9. The Morgan fingerprint density at radius 3 is 2.71 bits per heavy atom. The molecule has 2 aliphatic rings. The van der Waals surface area contributed by atoms with Gasteiger partial charge < -0.3 is 5.32 Å². The molecule has 1 heterocycles. The van der Waals surface area contributed by atoms with Gasteiger partial charge in [0.1, 0.15) is 6.17 Å². The number of nitrogens with zero attached hydrogens (tertiary/aromatic N) is 1. The van der Waals surface area contributed by atoms with Gasteiger partial charge in [-0.1, -0.05) is 31.4 Å². The van der Waals surface area contributed by atoms with Gasteiger partial charge in [0, 0.05) is 11.6 Å². The van der Waals surface area contributed by atoms with Gasteiger partial charge in [-0.25, -0.2) is 5.01 Å². The number of amides is 2. The van der Waals surface area contributed by atoms with Gasteiger partial charge in [0.15, 0.2) is 0 Å². The van der Waals surface area contributed by atoms with E-state index in [1.54, 1.807) is 6.07 Å². The van der Waals surface area contributed by atoms with Gasteiger partial charge >= 0.3 is 0 Å². The van der Waals surface area contributed by atoms with E-state index in [9.17, 15) is 9.59 Å². The van der Waals surface area contributed by atoms with E-state index in [0.29, 0.717) is 5.56 Å². The quantitative estimate of drug-likeness (QED) is 0.878. The van der Waals surface area contributed by atoms with Crippen LogP contribution in [0.2, 0.25) is 0 Å². The Bertz CT molecular complexity index is 552. The number of anilines is 1. The number of hydrogen-bond acceptors (Lipinski definition) is 3. The van der Waals surface area contributed by atoms with Gasteiger partial charge in [0.25, 0.3) is 5.91 Å². The SMILES string of the molecule is CC1Nc2ccccc2C(=O)N1NC(=O)C1CCCCC1. The van der Waals surface area contributed by atoms with E-state index in [1.807, 2.05) is 25.1 Å². The summed E-state index contributed by atoms with van der Waals surface area (Å²) in [6.45, 7) is 1.87. The largest absolute Gasteiger partial charge is 0.363 e. The van der Waals surface area contributed by atoms with E-state index >= 15 is 0 Å². The molecule has 0 saturated heterocycles. The second kappa shape index (κ2) is 5.76. The average Bonchev–Trinajstić information content (AvgIpc) is 2.52. The third kappa shape index (κ3) is 2.73. The maximum Gasteiger partial charge on any atom is 0.276 e. The van der Waals surface area contributed by atoms with Gasteiger partial charge in [-0.05, 0) is 31.9 Å². The minimum absolute atomic E-state index is 0.0314. The summed E-state index contributed by atoms with van der Waals surface area (Å²) >= 11 is 0. The number of benzene rings is 1. The molecule has 1 aromatic rings. The van der Waals surface area contributed by atoms with Crippen molar-refractivity contribution in [3.63, 3.8) is 0 Å². The molecule has 1 saturated carbocycles. The molecule has 0 aromatic heterocycles. The molecule has 21 heavy (non-hydrogen) atoms. The first-order valence-corrected chi connectivity index (χ1v) is 7.66. The average molecular weight is 287 g/mol. The van der Waals surface area contributed by atoms with Crippen molar-refractivity contribution in [2.24, 2.45) is 5.92 Å². The van der Waals surface area contributed by atoms with Crippen LogP contribution < -0.4 is 10.7 Å². The molecule has 1 aliphatic heterocycles. The number of carbonyl (C=O) groups is 2. The van der Waals surface area contributed by atoms with Crippen molar-refractivity contribution < 1.29 is 9.59 Å². The summed E-state index contributed by atoms with van der Waals surface area (Å²) in [7, 11) is 0. The van der Waals surface area contributed by atoms with Crippen molar-refractivity contribution in [2.75, 3.05) is 5.32 Å². The highest BCUT2D eigenvalue weighted by Gasteiger charge is 2.32. The van der Waals surface area contributed by atoms with Gasteiger partial charge in [-0.2, -0.15) is 0 Å². The Morgan fingerprint density at radius 1 is 1.24 bits per heavy atom. The fraction of sp³-hybridized carbons (Fsp3) is 0.500. The van der Waals surface area contributed by atoms with Crippen LogP contribution in [0.5, 0.6) is 0 Å². The molecule has 112 valence electrons. The van der Waals surface area contributed by atoms with E-state index in [4.69, 9.17) is 0 Å². The molecule has 0 spiro atoms. The van der Waals surface area contributed by atoms with Gasteiger partial charge in [-0.15, -0.1) is 0 Å². The highest BCUT2D eigenvalue weighted by Crippen LogP contribution is 2.26.